The lowest BCUT2D eigenvalue weighted by Crippen LogP contribution is -2.45. The first-order chi connectivity index (χ1) is 9.65. The second-order valence-corrected chi connectivity index (χ2v) is 6.54. The van der Waals surface area contributed by atoms with Crippen LogP contribution in [0.4, 0.5) is 5.69 Å². The van der Waals surface area contributed by atoms with E-state index in [1.54, 1.807) is 0 Å². The van der Waals surface area contributed by atoms with Crippen LogP contribution in [0.3, 0.4) is 0 Å². The zero-order valence-electron chi connectivity index (χ0n) is 12.4. The summed E-state index contributed by atoms with van der Waals surface area (Å²) >= 11 is 0. The maximum atomic E-state index is 12.9. The molecule has 3 heteroatoms. The van der Waals surface area contributed by atoms with Crippen LogP contribution in [0.2, 0.25) is 0 Å². The largest absolute Gasteiger partial charge is 0.385 e. The van der Waals surface area contributed by atoms with Gasteiger partial charge in [0.05, 0.1) is 5.92 Å². The number of hydrogen-bond acceptors (Lipinski definition) is 2. The predicted molar refractivity (Wildman–Crippen MR) is 81.8 cm³/mol. The van der Waals surface area contributed by atoms with Gasteiger partial charge in [0, 0.05) is 25.3 Å². The van der Waals surface area contributed by atoms with Gasteiger partial charge in [-0.25, -0.2) is 0 Å². The van der Waals surface area contributed by atoms with Crippen molar-refractivity contribution >= 4 is 11.6 Å². The molecule has 3 unspecified atom stereocenters. The zero-order chi connectivity index (χ0) is 14.1. The van der Waals surface area contributed by atoms with Crippen LogP contribution in [0.5, 0.6) is 0 Å². The van der Waals surface area contributed by atoms with Gasteiger partial charge in [0.2, 0.25) is 5.91 Å². The third-order valence-corrected chi connectivity index (χ3v) is 4.56. The Morgan fingerprint density at radius 2 is 1.90 bits per heavy atom. The van der Waals surface area contributed by atoms with Gasteiger partial charge >= 0.3 is 0 Å². The van der Waals surface area contributed by atoms with E-state index in [0.29, 0.717) is 17.7 Å². The lowest BCUT2D eigenvalue weighted by atomic mass is 9.87. The topological polar surface area (TPSA) is 32.3 Å². The Bertz CT molecular complexity index is 490. The van der Waals surface area contributed by atoms with Gasteiger partial charge in [0.15, 0.2) is 0 Å². The van der Waals surface area contributed by atoms with Crippen molar-refractivity contribution in [3.63, 3.8) is 0 Å². The molecule has 1 amide bonds. The number of para-hydroxylation sites is 1. The van der Waals surface area contributed by atoms with Gasteiger partial charge in [-0.1, -0.05) is 32.0 Å². The Hall–Kier alpha value is -1.51. The van der Waals surface area contributed by atoms with Crippen molar-refractivity contribution in [1.29, 1.82) is 0 Å². The van der Waals surface area contributed by atoms with Crippen molar-refractivity contribution in [3.05, 3.63) is 29.8 Å². The number of piperidine rings is 1. The Labute approximate surface area is 121 Å². The number of rotatable bonds is 1. The van der Waals surface area contributed by atoms with Crippen LogP contribution in [0, 0.1) is 11.8 Å². The molecule has 20 heavy (non-hydrogen) atoms. The number of hydrogen-bond donors (Lipinski definition) is 1. The molecule has 2 aliphatic rings. The van der Waals surface area contributed by atoms with E-state index in [-0.39, 0.29) is 5.92 Å². The van der Waals surface area contributed by atoms with Crippen molar-refractivity contribution in [2.24, 2.45) is 11.8 Å². The van der Waals surface area contributed by atoms with Crippen LogP contribution in [-0.4, -0.2) is 30.4 Å². The van der Waals surface area contributed by atoms with Gasteiger partial charge in [-0.15, -0.1) is 0 Å². The van der Waals surface area contributed by atoms with Gasteiger partial charge in [-0.2, -0.15) is 0 Å². The molecule has 2 heterocycles. The first-order valence-corrected chi connectivity index (χ1v) is 7.76. The third-order valence-electron chi connectivity index (χ3n) is 4.56. The first-order valence-electron chi connectivity index (χ1n) is 7.76. The van der Waals surface area contributed by atoms with Crippen LogP contribution >= 0.6 is 0 Å². The molecule has 0 aliphatic carbocycles. The molecule has 0 aromatic heterocycles. The molecule has 3 rings (SSSR count). The first kappa shape index (κ1) is 13.5. The fraction of sp³-hybridized carbons (Fsp3) is 0.588. The van der Waals surface area contributed by atoms with Crippen LogP contribution in [0.1, 0.15) is 38.2 Å². The number of carbonyl (C=O) groups is 1. The monoisotopic (exact) mass is 272 g/mol. The van der Waals surface area contributed by atoms with E-state index in [0.717, 1.165) is 31.7 Å². The maximum Gasteiger partial charge on any atom is 0.230 e. The molecule has 1 fully saturated rings. The Morgan fingerprint density at radius 3 is 2.65 bits per heavy atom. The highest BCUT2D eigenvalue weighted by atomic mass is 16.2. The van der Waals surface area contributed by atoms with E-state index < -0.39 is 0 Å². The molecule has 1 aromatic rings. The minimum Gasteiger partial charge on any atom is -0.385 e. The maximum absolute atomic E-state index is 12.9. The molecule has 1 N–H and O–H groups in total. The average Bonchev–Trinajstić information content (AvgIpc) is 2.45. The Kier molecular flexibility index (Phi) is 3.68. The highest BCUT2D eigenvalue weighted by Gasteiger charge is 2.33. The molecule has 0 bridgehead atoms. The second-order valence-electron chi connectivity index (χ2n) is 6.54. The van der Waals surface area contributed by atoms with Gasteiger partial charge in [-0.3, -0.25) is 4.79 Å². The molecular formula is C17H24N2O. The molecule has 3 nitrogen and oxygen atoms in total. The highest BCUT2D eigenvalue weighted by molar-refractivity contribution is 5.86. The van der Waals surface area contributed by atoms with E-state index in [4.69, 9.17) is 0 Å². The minimum atomic E-state index is 0.0462. The summed E-state index contributed by atoms with van der Waals surface area (Å²) in [6, 6.07) is 8.24. The molecule has 0 saturated carbocycles. The summed E-state index contributed by atoms with van der Waals surface area (Å²) < 4.78 is 0. The molecule has 108 valence electrons. The van der Waals surface area contributed by atoms with Crippen LogP contribution < -0.4 is 5.32 Å². The normalized spacial score (nSPS) is 29.5. The molecule has 1 aromatic carbocycles. The standard InChI is InChI=1S/C17H24N2O/c1-12-9-13(2)11-19(10-12)17(20)15-7-8-18-16-6-4-3-5-14(15)16/h3-6,12-13,15,18H,7-11H2,1-2H3. The number of benzene rings is 1. The summed E-state index contributed by atoms with van der Waals surface area (Å²) in [5.74, 6) is 1.63. The smallest absolute Gasteiger partial charge is 0.230 e. The number of likely N-dealkylation sites (tertiary alicyclic amines) is 1. The van der Waals surface area contributed by atoms with Gasteiger partial charge in [0.25, 0.3) is 0 Å². The summed E-state index contributed by atoms with van der Waals surface area (Å²) in [6.45, 7) is 7.26. The van der Waals surface area contributed by atoms with Gasteiger partial charge in [-0.05, 0) is 36.3 Å². The van der Waals surface area contributed by atoms with Crippen LogP contribution in [0.25, 0.3) is 0 Å². The van der Waals surface area contributed by atoms with Gasteiger partial charge in [0.1, 0.15) is 0 Å². The number of amides is 1. The summed E-state index contributed by atoms with van der Waals surface area (Å²) in [5.41, 5.74) is 2.31. The van der Waals surface area contributed by atoms with Crippen molar-refractivity contribution in [1.82, 2.24) is 4.90 Å². The highest BCUT2D eigenvalue weighted by Crippen LogP contribution is 2.34. The van der Waals surface area contributed by atoms with E-state index in [9.17, 15) is 4.79 Å². The molecule has 2 aliphatic heterocycles. The number of carbonyl (C=O) groups excluding carboxylic acids is 1. The quantitative estimate of drug-likeness (QED) is 0.852. The molecule has 1 saturated heterocycles. The molecule has 0 spiro atoms. The fourth-order valence-electron chi connectivity index (χ4n) is 3.79. The number of anilines is 1. The SMILES string of the molecule is CC1CC(C)CN(C(=O)C2CCNc3ccccc32)C1. The Balaban J connectivity index is 1.81. The van der Waals surface area contributed by atoms with E-state index in [1.165, 1.54) is 12.0 Å². The van der Waals surface area contributed by atoms with Crippen LogP contribution in [0.15, 0.2) is 24.3 Å². The number of nitrogens with one attached hydrogen (secondary N) is 1. The zero-order valence-corrected chi connectivity index (χ0v) is 12.4. The van der Waals surface area contributed by atoms with Crippen molar-refractivity contribution in [3.8, 4) is 0 Å². The Morgan fingerprint density at radius 1 is 1.20 bits per heavy atom. The van der Waals surface area contributed by atoms with E-state index in [2.05, 4.69) is 36.2 Å². The number of nitrogens with zero attached hydrogens (tertiary/aromatic N) is 1. The molecule has 3 atom stereocenters. The summed E-state index contributed by atoms with van der Waals surface area (Å²) in [7, 11) is 0. The second kappa shape index (κ2) is 5.47. The summed E-state index contributed by atoms with van der Waals surface area (Å²) in [4.78, 5) is 15.0. The lowest BCUT2D eigenvalue weighted by molar-refractivity contribution is -0.135. The molecular weight excluding hydrogens is 248 g/mol. The van der Waals surface area contributed by atoms with Gasteiger partial charge < -0.3 is 10.2 Å². The summed E-state index contributed by atoms with van der Waals surface area (Å²) in [5, 5.41) is 3.40. The summed E-state index contributed by atoms with van der Waals surface area (Å²) in [6.07, 6.45) is 2.15. The fourth-order valence-corrected chi connectivity index (χ4v) is 3.79. The third kappa shape index (κ3) is 2.54. The van der Waals surface area contributed by atoms with E-state index >= 15 is 0 Å². The van der Waals surface area contributed by atoms with E-state index in [1.807, 2.05) is 12.1 Å². The average molecular weight is 272 g/mol. The minimum absolute atomic E-state index is 0.0462. The van der Waals surface area contributed by atoms with Crippen molar-refractivity contribution < 1.29 is 4.79 Å². The van der Waals surface area contributed by atoms with Crippen molar-refractivity contribution in [2.75, 3.05) is 25.0 Å². The van der Waals surface area contributed by atoms with Crippen LogP contribution in [-0.2, 0) is 4.79 Å². The molecule has 0 radical (unpaired) electrons. The lowest BCUT2D eigenvalue weighted by Gasteiger charge is -2.38. The van der Waals surface area contributed by atoms with Crippen molar-refractivity contribution in [2.45, 2.75) is 32.6 Å². The number of fused-ring (bicyclic) bond motifs is 1. The predicted octanol–water partition coefficient (Wildman–Crippen LogP) is 3.09.